The third-order valence-corrected chi connectivity index (χ3v) is 3.94. The lowest BCUT2D eigenvalue weighted by molar-refractivity contribution is -0.125. The molecule has 2 rings (SSSR count). The standard InChI is InChI=1S/C12H22N2O/c1-8-3-2-4-10(8)12(15)14-7-11(13)9-5-6-9/h8-11H,2-7,13H2,1H3,(H,14,15). The second-order valence-corrected chi connectivity index (χ2v) is 5.26. The SMILES string of the molecule is CC1CCCC1C(=O)NCC(N)C1CC1. The molecule has 0 aromatic heterocycles. The van der Waals surface area contributed by atoms with Gasteiger partial charge in [-0.15, -0.1) is 0 Å². The van der Waals surface area contributed by atoms with Gasteiger partial charge in [0.25, 0.3) is 0 Å². The smallest absolute Gasteiger partial charge is 0.223 e. The number of hydrogen-bond acceptors (Lipinski definition) is 2. The molecule has 3 N–H and O–H groups in total. The molecule has 0 bridgehead atoms. The third-order valence-electron chi connectivity index (χ3n) is 3.94. The van der Waals surface area contributed by atoms with Gasteiger partial charge in [0.05, 0.1) is 0 Å². The molecule has 3 unspecified atom stereocenters. The van der Waals surface area contributed by atoms with Crippen LogP contribution in [0.4, 0.5) is 0 Å². The lowest BCUT2D eigenvalue weighted by atomic mass is 9.97. The summed E-state index contributed by atoms with van der Waals surface area (Å²) in [4.78, 5) is 11.8. The number of nitrogens with two attached hydrogens (primary N) is 1. The predicted octanol–water partition coefficient (Wildman–Crippen LogP) is 1.28. The fraction of sp³-hybridized carbons (Fsp3) is 0.917. The predicted molar refractivity (Wildman–Crippen MR) is 60.2 cm³/mol. The summed E-state index contributed by atoms with van der Waals surface area (Å²) in [6, 6.07) is 0.186. The average Bonchev–Trinajstić information content (AvgIpc) is 2.98. The molecule has 0 spiro atoms. The van der Waals surface area contributed by atoms with Gasteiger partial charge in [-0.1, -0.05) is 13.3 Å². The van der Waals surface area contributed by atoms with Crippen molar-refractivity contribution in [3.63, 3.8) is 0 Å². The molecule has 86 valence electrons. The van der Waals surface area contributed by atoms with Crippen LogP contribution < -0.4 is 11.1 Å². The van der Waals surface area contributed by atoms with Gasteiger partial charge in [0, 0.05) is 18.5 Å². The summed E-state index contributed by atoms with van der Waals surface area (Å²) >= 11 is 0. The first-order valence-electron chi connectivity index (χ1n) is 6.21. The second-order valence-electron chi connectivity index (χ2n) is 5.26. The Bertz CT molecular complexity index is 238. The quantitative estimate of drug-likeness (QED) is 0.734. The molecule has 2 saturated carbocycles. The van der Waals surface area contributed by atoms with E-state index in [1.165, 1.54) is 25.7 Å². The second kappa shape index (κ2) is 4.52. The maximum atomic E-state index is 11.8. The molecule has 0 aromatic rings. The van der Waals surface area contributed by atoms with E-state index < -0.39 is 0 Å². The van der Waals surface area contributed by atoms with E-state index in [0.29, 0.717) is 18.4 Å². The average molecular weight is 210 g/mol. The summed E-state index contributed by atoms with van der Waals surface area (Å²) in [6.07, 6.45) is 5.96. The first-order chi connectivity index (χ1) is 7.18. The van der Waals surface area contributed by atoms with Crippen LogP contribution in [0.15, 0.2) is 0 Å². The van der Waals surface area contributed by atoms with E-state index in [4.69, 9.17) is 5.73 Å². The van der Waals surface area contributed by atoms with Crippen molar-refractivity contribution in [2.75, 3.05) is 6.54 Å². The highest BCUT2D eigenvalue weighted by molar-refractivity contribution is 5.79. The van der Waals surface area contributed by atoms with E-state index in [-0.39, 0.29) is 17.9 Å². The molecule has 0 radical (unpaired) electrons. The zero-order valence-electron chi connectivity index (χ0n) is 9.54. The molecular weight excluding hydrogens is 188 g/mol. The number of carbonyl (C=O) groups is 1. The molecule has 2 fully saturated rings. The Morgan fingerprint density at radius 2 is 2.13 bits per heavy atom. The van der Waals surface area contributed by atoms with Crippen molar-refractivity contribution in [1.29, 1.82) is 0 Å². The molecule has 3 atom stereocenters. The molecule has 0 aromatic carbocycles. The van der Waals surface area contributed by atoms with E-state index >= 15 is 0 Å². The number of hydrogen-bond donors (Lipinski definition) is 2. The monoisotopic (exact) mass is 210 g/mol. The zero-order valence-corrected chi connectivity index (χ0v) is 9.54. The van der Waals surface area contributed by atoms with Gasteiger partial charge >= 0.3 is 0 Å². The molecule has 0 heterocycles. The first kappa shape index (κ1) is 10.9. The van der Waals surface area contributed by atoms with Gasteiger partial charge in [-0.2, -0.15) is 0 Å². The summed E-state index contributed by atoms with van der Waals surface area (Å²) in [7, 11) is 0. The van der Waals surface area contributed by atoms with Crippen molar-refractivity contribution < 1.29 is 4.79 Å². The van der Waals surface area contributed by atoms with Crippen LogP contribution in [-0.2, 0) is 4.79 Å². The Hall–Kier alpha value is -0.570. The maximum Gasteiger partial charge on any atom is 0.223 e. The van der Waals surface area contributed by atoms with Crippen molar-refractivity contribution in [2.24, 2.45) is 23.5 Å². The molecule has 0 saturated heterocycles. The molecule has 3 nitrogen and oxygen atoms in total. The number of rotatable bonds is 4. The number of carbonyl (C=O) groups excluding carboxylic acids is 1. The van der Waals surface area contributed by atoms with Crippen LogP contribution in [0.25, 0.3) is 0 Å². The van der Waals surface area contributed by atoms with E-state index in [0.717, 1.165) is 6.42 Å². The number of amides is 1. The fourth-order valence-corrected chi connectivity index (χ4v) is 2.58. The highest BCUT2D eigenvalue weighted by atomic mass is 16.1. The van der Waals surface area contributed by atoms with Gasteiger partial charge in [0.2, 0.25) is 5.91 Å². The zero-order chi connectivity index (χ0) is 10.8. The van der Waals surface area contributed by atoms with E-state index in [2.05, 4.69) is 12.2 Å². The van der Waals surface area contributed by atoms with Crippen LogP contribution in [0.5, 0.6) is 0 Å². The molecule has 0 aliphatic heterocycles. The summed E-state index contributed by atoms with van der Waals surface area (Å²) in [5, 5.41) is 3.01. The van der Waals surface area contributed by atoms with E-state index in [1.807, 2.05) is 0 Å². The van der Waals surface area contributed by atoms with Crippen molar-refractivity contribution in [1.82, 2.24) is 5.32 Å². The van der Waals surface area contributed by atoms with Crippen molar-refractivity contribution >= 4 is 5.91 Å². The van der Waals surface area contributed by atoms with Crippen LogP contribution >= 0.6 is 0 Å². The fourth-order valence-electron chi connectivity index (χ4n) is 2.58. The van der Waals surface area contributed by atoms with Gasteiger partial charge in [-0.05, 0) is 37.5 Å². The molecule has 2 aliphatic rings. The van der Waals surface area contributed by atoms with Crippen molar-refractivity contribution in [3.05, 3.63) is 0 Å². The molecule has 15 heavy (non-hydrogen) atoms. The third kappa shape index (κ3) is 2.71. The molecule has 2 aliphatic carbocycles. The van der Waals surface area contributed by atoms with Crippen LogP contribution in [0.1, 0.15) is 39.0 Å². The van der Waals surface area contributed by atoms with Gasteiger partial charge in [-0.3, -0.25) is 4.79 Å². The topological polar surface area (TPSA) is 55.1 Å². The summed E-state index contributed by atoms with van der Waals surface area (Å²) in [5.74, 6) is 1.71. The Balaban J connectivity index is 1.71. The minimum atomic E-state index is 0.186. The molecule has 3 heteroatoms. The normalized spacial score (nSPS) is 32.7. The lowest BCUT2D eigenvalue weighted by Gasteiger charge is -2.17. The lowest BCUT2D eigenvalue weighted by Crippen LogP contribution is -2.41. The van der Waals surface area contributed by atoms with Crippen molar-refractivity contribution in [3.8, 4) is 0 Å². The minimum absolute atomic E-state index is 0.186. The highest BCUT2D eigenvalue weighted by Gasteiger charge is 2.32. The Morgan fingerprint density at radius 3 is 2.67 bits per heavy atom. The highest BCUT2D eigenvalue weighted by Crippen LogP contribution is 2.32. The van der Waals surface area contributed by atoms with Crippen molar-refractivity contribution in [2.45, 2.75) is 45.1 Å². The van der Waals surface area contributed by atoms with Gasteiger partial charge in [-0.25, -0.2) is 0 Å². The minimum Gasteiger partial charge on any atom is -0.354 e. The van der Waals surface area contributed by atoms with E-state index in [9.17, 15) is 4.79 Å². The largest absolute Gasteiger partial charge is 0.354 e. The summed E-state index contributed by atoms with van der Waals surface area (Å²) in [5.41, 5.74) is 5.95. The van der Waals surface area contributed by atoms with Gasteiger partial charge in [0.1, 0.15) is 0 Å². The Labute approximate surface area is 91.8 Å². The van der Waals surface area contributed by atoms with Gasteiger partial charge < -0.3 is 11.1 Å². The molecule has 1 amide bonds. The summed E-state index contributed by atoms with van der Waals surface area (Å²) in [6.45, 7) is 2.85. The van der Waals surface area contributed by atoms with Gasteiger partial charge in [0.15, 0.2) is 0 Å². The Kier molecular flexibility index (Phi) is 3.29. The van der Waals surface area contributed by atoms with Crippen LogP contribution in [0, 0.1) is 17.8 Å². The first-order valence-corrected chi connectivity index (χ1v) is 6.21. The number of nitrogens with one attached hydrogen (secondary N) is 1. The maximum absolute atomic E-state index is 11.8. The Morgan fingerprint density at radius 1 is 1.40 bits per heavy atom. The molecular formula is C12H22N2O. The van der Waals surface area contributed by atoms with Crippen LogP contribution in [-0.4, -0.2) is 18.5 Å². The van der Waals surface area contributed by atoms with Crippen LogP contribution in [0.2, 0.25) is 0 Å². The van der Waals surface area contributed by atoms with Crippen LogP contribution in [0.3, 0.4) is 0 Å². The van der Waals surface area contributed by atoms with E-state index in [1.54, 1.807) is 0 Å². The summed E-state index contributed by atoms with van der Waals surface area (Å²) < 4.78 is 0.